The number of aliphatic hydroxyl groups excluding tert-OH is 3. The highest BCUT2D eigenvalue weighted by Gasteiger charge is 2.80. The van der Waals surface area contributed by atoms with Gasteiger partial charge in [-0.2, -0.15) is 0 Å². The Hall–Kier alpha value is -2.52. The predicted molar refractivity (Wildman–Crippen MR) is 212 cm³/mol. The van der Waals surface area contributed by atoms with Crippen molar-refractivity contribution in [1.29, 1.82) is 0 Å². The van der Waals surface area contributed by atoms with Gasteiger partial charge in [-0.3, -0.25) is 19.2 Å². The largest absolute Gasteiger partial charge is 0.390 e. The third kappa shape index (κ3) is 5.11. The van der Waals surface area contributed by atoms with Gasteiger partial charge in [-0.15, -0.1) is 11.6 Å². The van der Waals surface area contributed by atoms with Crippen molar-refractivity contribution < 1.29 is 62.2 Å². The fraction of sp³-hybridized carbons (Fsp3) is 0.739. The van der Waals surface area contributed by atoms with Crippen LogP contribution in [0.25, 0.3) is 0 Å². The maximum absolute atomic E-state index is 17.1. The Balaban J connectivity index is 0.000000167. The Kier molecular flexibility index (Phi) is 9.92. The zero-order valence-corrected chi connectivity index (χ0v) is 36.0. The molecule has 0 spiro atoms. The molecule has 7 fully saturated rings. The van der Waals surface area contributed by atoms with Gasteiger partial charge in [0, 0.05) is 33.5 Å². The summed E-state index contributed by atoms with van der Waals surface area (Å²) in [5.41, 5.74) is -11.2. The molecule has 1 aliphatic heterocycles. The summed E-state index contributed by atoms with van der Waals surface area (Å²) in [6.45, 7) is 11.4. The smallest absolute Gasteiger partial charge is 0.193 e. The van der Waals surface area contributed by atoms with E-state index in [0.717, 1.165) is 11.6 Å². The van der Waals surface area contributed by atoms with Crippen LogP contribution in [0.15, 0.2) is 47.6 Å². The van der Waals surface area contributed by atoms with Crippen molar-refractivity contribution in [1.82, 2.24) is 0 Å². The van der Waals surface area contributed by atoms with Crippen molar-refractivity contribution in [3.8, 4) is 0 Å². The molecule has 1 heterocycles. The van der Waals surface area contributed by atoms with Gasteiger partial charge >= 0.3 is 0 Å². The van der Waals surface area contributed by atoms with Gasteiger partial charge < -0.3 is 29.9 Å². The van der Waals surface area contributed by atoms with E-state index in [0.29, 0.717) is 25.7 Å². The van der Waals surface area contributed by atoms with Gasteiger partial charge in [0.1, 0.15) is 18.4 Å². The molecule has 10 nitrogen and oxygen atoms in total. The van der Waals surface area contributed by atoms with Crippen LogP contribution in [0.3, 0.4) is 0 Å². The summed E-state index contributed by atoms with van der Waals surface area (Å²) in [5, 5.41) is 43.7. The van der Waals surface area contributed by atoms with Gasteiger partial charge in [0.25, 0.3) is 0 Å². The number of ketones is 4. The van der Waals surface area contributed by atoms with E-state index in [4.69, 9.17) is 21.1 Å². The molecule has 8 aliphatic carbocycles. The van der Waals surface area contributed by atoms with Crippen molar-refractivity contribution in [3.05, 3.63) is 47.6 Å². The number of carbonyl (C=O) groups is 4. The second kappa shape index (κ2) is 13.5. The van der Waals surface area contributed by atoms with Crippen LogP contribution in [-0.4, -0.2) is 109 Å². The summed E-state index contributed by atoms with van der Waals surface area (Å²) >= 11 is 5.78. The highest BCUT2D eigenvalue weighted by atomic mass is 35.5. The van der Waals surface area contributed by atoms with E-state index in [1.165, 1.54) is 31.2 Å². The monoisotopic (exact) mass is 862 g/mol. The molecule has 0 amide bonds. The second-order valence-electron chi connectivity index (χ2n) is 20.7. The van der Waals surface area contributed by atoms with Crippen LogP contribution >= 0.6 is 11.6 Å². The molecule has 17 atom stereocenters. The SMILES string of the molecule is CC1(C)O[C@@H]2C[C@H]3[C@@H]4CCC5=CC(=O)C=C[C@]5(C)[C@@]4(F)[C@@H](O)C[C@]3(C)[C@]2(C(=O)CO)O1.C[C@H]1C[C@H]2[C@@H]3C[C@H](F)C4=CC(=O)C=C[C@]4(C)[C@@]3(F)[C@@H](O)C[C@]2(C)[C@@]1(O)C(=O)CCl. The summed E-state index contributed by atoms with van der Waals surface area (Å²) in [6, 6.07) is 0. The highest BCUT2D eigenvalue weighted by molar-refractivity contribution is 6.29. The molecule has 14 heteroatoms. The number of rotatable bonds is 4. The van der Waals surface area contributed by atoms with Crippen LogP contribution in [-0.2, 0) is 28.7 Å². The molecule has 0 unspecified atom stereocenters. The first kappa shape index (κ1) is 44.1. The van der Waals surface area contributed by atoms with Gasteiger partial charge in [0.15, 0.2) is 45.9 Å². The first-order valence-electron chi connectivity index (χ1n) is 21.3. The van der Waals surface area contributed by atoms with Gasteiger partial charge in [-0.1, -0.05) is 38.5 Å². The lowest BCUT2D eigenvalue weighted by molar-refractivity contribution is -0.246. The van der Waals surface area contributed by atoms with Crippen LogP contribution in [0.4, 0.5) is 13.2 Å². The number of hydrogen-bond acceptors (Lipinski definition) is 10. The number of Topliss-reactive ketones (excluding diaryl/α,β-unsaturated/α-hetero) is 2. The van der Waals surface area contributed by atoms with Crippen LogP contribution in [0.2, 0.25) is 0 Å². The van der Waals surface area contributed by atoms with Gasteiger partial charge in [0.2, 0.25) is 0 Å². The summed E-state index contributed by atoms with van der Waals surface area (Å²) in [4.78, 5) is 49.6. The molecule has 4 N–H and O–H groups in total. The number of fused-ring (bicyclic) bond motifs is 12. The van der Waals surface area contributed by atoms with Gasteiger partial charge in [0.05, 0.1) is 24.2 Å². The lowest BCUT2D eigenvalue weighted by atomic mass is 9.44. The third-order valence-corrected chi connectivity index (χ3v) is 18.2. The first-order chi connectivity index (χ1) is 27.7. The van der Waals surface area contributed by atoms with E-state index >= 15 is 13.2 Å². The zero-order valence-electron chi connectivity index (χ0n) is 35.3. The number of alkyl halides is 4. The molecule has 0 bridgehead atoms. The molecule has 60 heavy (non-hydrogen) atoms. The Bertz CT molecular complexity index is 2050. The van der Waals surface area contributed by atoms with E-state index in [9.17, 15) is 39.6 Å². The Labute approximate surface area is 353 Å². The number of halogens is 4. The Morgan fingerprint density at radius 2 is 1.38 bits per heavy atom. The Morgan fingerprint density at radius 3 is 2.00 bits per heavy atom. The van der Waals surface area contributed by atoms with E-state index in [1.54, 1.807) is 40.7 Å². The van der Waals surface area contributed by atoms with Crippen molar-refractivity contribution in [2.24, 2.45) is 51.2 Å². The summed E-state index contributed by atoms with van der Waals surface area (Å²) in [5.74, 6) is -5.69. The van der Waals surface area contributed by atoms with Crippen LogP contribution < -0.4 is 0 Å². The van der Waals surface area contributed by atoms with E-state index in [-0.39, 0.29) is 42.4 Å². The molecule has 1 saturated heterocycles. The van der Waals surface area contributed by atoms with Crippen LogP contribution in [0.5, 0.6) is 0 Å². The molecule has 0 radical (unpaired) electrons. The fourth-order valence-electron chi connectivity index (χ4n) is 15.2. The van der Waals surface area contributed by atoms with E-state index in [2.05, 4.69) is 0 Å². The molecule has 0 aromatic heterocycles. The van der Waals surface area contributed by atoms with Crippen molar-refractivity contribution in [2.45, 2.75) is 146 Å². The predicted octanol–water partition coefficient (Wildman–Crippen LogP) is 5.51. The van der Waals surface area contributed by atoms with Crippen molar-refractivity contribution >= 4 is 34.7 Å². The third-order valence-electron chi connectivity index (χ3n) is 17.9. The number of aliphatic hydroxyl groups is 4. The second-order valence-corrected chi connectivity index (χ2v) is 21.0. The van der Waals surface area contributed by atoms with Crippen molar-refractivity contribution in [3.63, 3.8) is 0 Å². The van der Waals surface area contributed by atoms with Crippen molar-refractivity contribution in [2.75, 3.05) is 12.5 Å². The maximum Gasteiger partial charge on any atom is 0.193 e. The normalized spacial score (nSPS) is 52.9. The minimum atomic E-state index is -2.21. The van der Waals surface area contributed by atoms with E-state index in [1.807, 2.05) is 6.92 Å². The topological polar surface area (TPSA) is 168 Å². The molecule has 9 aliphatic rings. The average Bonchev–Trinajstić information content (AvgIpc) is 3.68. The lowest BCUT2D eigenvalue weighted by Gasteiger charge is -2.63. The molecular formula is C46H58ClF3O10. The highest BCUT2D eigenvalue weighted by Crippen LogP contribution is 2.73. The van der Waals surface area contributed by atoms with Gasteiger partial charge in [-0.05, 0) is 120 Å². The first-order valence-corrected chi connectivity index (χ1v) is 21.9. The standard InChI is InChI=1S/C24H31FO6.C22H27ClF2O4/c1-20(2)30-19-10-16-15-6-5-13-9-14(27)7-8-21(13,3)23(15,25)17(28)11-22(16,4)24(19,31-20)18(29)12-26;1-11-6-13-14-8-16(24)15-7-12(26)4-5-19(15,2)21(14,25)17(27)9-20(13,3)22(11,29)18(28)10-23/h7-9,15-17,19,26,28H,5-6,10-12H2,1-4H3;4-5,7,11,13-14,16-17,27,29H,6,8-10H2,1-3H3/t15-,16-,17-,19+,21-,22-,23-,24+;11-,13-,14-,16-,17-,19-,20-,21-,22-/m00/s1. The quantitative estimate of drug-likeness (QED) is 0.265. The average molecular weight is 863 g/mol. The minimum Gasteiger partial charge on any atom is -0.390 e. The Morgan fingerprint density at radius 1 is 0.817 bits per heavy atom. The molecule has 9 rings (SSSR count). The summed E-state index contributed by atoms with van der Waals surface area (Å²) in [6.07, 6.45) is 4.67. The van der Waals surface area contributed by atoms with Gasteiger partial charge in [-0.25, -0.2) is 13.2 Å². The fourth-order valence-corrected chi connectivity index (χ4v) is 15.4. The molecule has 6 saturated carbocycles. The molecular weight excluding hydrogens is 805 g/mol. The zero-order chi connectivity index (χ0) is 44.2. The maximum atomic E-state index is 17.1. The van der Waals surface area contributed by atoms with E-state index < -0.39 is 122 Å². The molecule has 0 aromatic rings. The molecule has 0 aromatic carbocycles. The molecule has 330 valence electrons. The lowest BCUT2D eigenvalue weighted by Crippen LogP contribution is -2.70. The number of allylic oxidation sites excluding steroid dienone is 8. The number of ether oxygens (including phenoxy) is 2. The minimum absolute atomic E-state index is 0.0109. The summed E-state index contributed by atoms with van der Waals surface area (Å²) in [7, 11) is 0. The van der Waals surface area contributed by atoms with Crippen LogP contribution in [0, 0.1) is 51.2 Å². The van der Waals surface area contributed by atoms with Crippen LogP contribution in [0.1, 0.15) is 93.4 Å². The number of hydrogen-bond donors (Lipinski definition) is 4. The number of carbonyl (C=O) groups excluding carboxylic acids is 4. The summed E-state index contributed by atoms with van der Waals surface area (Å²) < 4.78 is 61.6.